The second-order valence-electron chi connectivity index (χ2n) is 6.95. The fraction of sp³-hybridized carbons (Fsp3) is 0.824. The molecule has 1 amide bonds. The van der Waals surface area contributed by atoms with E-state index in [9.17, 15) is 4.79 Å². The summed E-state index contributed by atoms with van der Waals surface area (Å²) in [4.78, 5) is 15.9. The molecule has 2 aliphatic rings. The maximum absolute atomic E-state index is 11.4. The van der Waals surface area contributed by atoms with Crippen molar-refractivity contribution in [2.24, 2.45) is 17.8 Å². The van der Waals surface area contributed by atoms with E-state index in [1.807, 2.05) is 4.90 Å². The third kappa shape index (κ3) is 3.85. The predicted molar refractivity (Wildman–Crippen MR) is 83.5 cm³/mol. The smallest absolute Gasteiger partial charge is 0.219 e. The fourth-order valence-electron chi connectivity index (χ4n) is 3.82. The number of amides is 1. The number of likely N-dealkylation sites (tertiary alicyclic amines) is 1. The number of allylic oxidation sites excluding steroid dienone is 1. The van der Waals surface area contributed by atoms with Crippen molar-refractivity contribution in [1.82, 2.24) is 9.80 Å². The van der Waals surface area contributed by atoms with Crippen molar-refractivity contribution in [3.63, 3.8) is 0 Å². The minimum absolute atomic E-state index is 0.231. The van der Waals surface area contributed by atoms with Gasteiger partial charge in [-0.05, 0) is 51.0 Å². The van der Waals surface area contributed by atoms with Crippen molar-refractivity contribution in [3.8, 4) is 0 Å². The predicted octanol–water partition coefficient (Wildman–Crippen LogP) is 2.78. The van der Waals surface area contributed by atoms with Crippen molar-refractivity contribution in [3.05, 3.63) is 11.6 Å². The SMILES string of the molecule is CC(=O)N1CC[C@H](CN(C)C[C@H]2C(C)=CCC[C@H]2C)C1. The Kier molecular flexibility index (Phi) is 5.25. The van der Waals surface area contributed by atoms with Crippen LogP contribution in [-0.2, 0) is 4.79 Å². The summed E-state index contributed by atoms with van der Waals surface area (Å²) in [7, 11) is 2.24. The first-order valence-electron chi connectivity index (χ1n) is 8.08. The number of hydrogen-bond donors (Lipinski definition) is 0. The number of hydrogen-bond acceptors (Lipinski definition) is 2. The van der Waals surface area contributed by atoms with Crippen molar-refractivity contribution in [2.45, 2.75) is 40.0 Å². The van der Waals surface area contributed by atoms with E-state index < -0.39 is 0 Å². The van der Waals surface area contributed by atoms with E-state index in [4.69, 9.17) is 0 Å². The van der Waals surface area contributed by atoms with Crippen LogP contribution >= 0.6 is 0 Å². The fourth-order valence-corrected chi connectivity index (χ4v) is 3.82. The molecule has 1 aliphatic heterocycles. The monoisotopic (exact) mass is 278 g/mol. The van der Waals surface area contributed by atoms with Crippen LogP contribution in [0.25, 0.3) is 0 Å². The maximum atomic E-state index is 11.4. The van der Waals surface area contributed by atoms with Gasteiger partial charge in [-0.25, -0.2) is 0 Å². The van der Waals surface area contributed by atoms with Gasteiger partial charge >= 0.3 is 0 Å². The molecule has 0 aromatic rings. The highest BCUT2D eigenvalue weighted by Gasteiger charge is 2.27. The molecular weight excluding hydrogens is 248 g/mol. The third-order valence-electron chi connectivity index (χ3n) is 5.17. The molecule has 3 nitrogen and oxygen atoms in total. The van der Waals surface area contributed by atoms with Gasteiger partial charge in [0, 0.05) is 33.1 Å². The minimum atomic E-state index is 0.231. The molecule has 3 atom stereocenters. The van der Waals surface area contributed by atoms with Crippen LogP contribution in [0.3, 0.4) is 0 Å². The zero-order valence-electron chi connectivity index (χ0n) is 13.6. The zero-order chi connectivity index (χ0) is 14.7. The van der Waals surface area contributed by atoms with Gasteiger partial charge < -0.3 is 9.80 Å². The van der Waals surface area contributed by atoms with E-state index in [-0.39, 0.29) is 5.91 Å². The molecular formula is C17H30N2O. The first kappa shape index (κ1) is 15.6. The van der Waals surface area contributed by atoms with Crippen LogP contribution in [0, 0.1) is 17.8 Å². The zero-order valence-corrected chi connectivity index (χ0v) is 13.6. The van der Waals surface area contributed by atoms with Crippen LogP contribution in [0.1, 0.15) is 40.0 Å². The van der Waals surface area contributed by atoms with Crippen molar-refractivity contribution < 1.29 is 4.79 Å². The Morgan fingerprint density at radius 3 is 2.75 bits per heavy atom. The van der Waals surface area contributed by atoms with Crippen molar-refractivity contribution in [1.29, 1.82) is 0 Å². The van der Waals surface area contributed by atoms with Gasteiger partial charge in [-0.15, -0.1) is 0 Å². The van der Waals surface area contributed by atoms with Crippen molar-refractivity contribution in [2.75, 3.05) is 33.2 Å². The molecule has 0 spiro atoms. The molecule has 0 saturated carbocycles. The lowest BCUT2D eigenvalue weighted by Crippen LogP contribution is -2.35. The largest absolute Gasteiger partial charge is 0.343 e. The molecule has 1 aliphatic carbocycles. The van der Waals surface area contributed by atoms with Crippen LogP contribution in [0.2, 0.25) is 0 Å². The first-order chi connectivity index (χ1) is 9.47. The number of nitrogens with zero attached hydrogens (tertiary/aromatic N) is 2. The Hall–Kier alpha value is -0.830. The summed E-state index contributed by atoms with van der Waals surface area (Å²) in [6.45, 7) is 10.6. The lowest BCUT2D eigenvalue weighted by molar-refractivity contribution is -0.127. The Morgan fingerprint density at radius 2 is 2.15 bits per heavy atom. The quantitative estimate of drug-likeness (QED) is 0.738. The topological polar surface area (TPSA) is 23.6 Å². The lowest BCUT2D eigenvalue weighted by atomic mass is 9.80. The highest BCUT2D eigenvalue weighted by molar-refractivity contribution is 5.73. The van der Waals surface area contributed by atoms with Crippen LogP contribution in [0.15, 0.2) is 11.6 Å². The maximum Gasteiger partial charge on any atom is 0.219 e. The summed E-state index contributed by atoms with van der Waals surface area (Å²) >= 11 is 0. The summed E-state index contributed by atoms with van der Waals surface area (Å²) < 4.78 is 0. The number of carbonyl (C=O) groups excluding carboxylic acids is 1. The van der Waals surface area contributed by atoms with E-state index in [0.717, 1.165) is 31.5 Å². The molecule has 1 fully saturated rings. The minimum Gasteiger partial charge on any atom is -0.343 e. The van der Waals surface area contributed by atoms with E-state index in [0.29, 0.717) is 5.92 Å². The molecule has 114 valence electrons. The molecule has 2 rings (SSSR count). The lowest BCUT2D eigenvalue weighted by Gasteiger charge is -2.33. The molecule has 1 saturated heterocycles. The van der Waals surface area contributed by atoms with Gasteiger partial charge in [-0.3, -0.25) is 4.79 Å². The van der Waals surface area contributed by atoms with Crippen LogP contribution in [-0.4, -0.2) is 48.9 Å². The third-order valence-corrected chi connectivity index (χ3v) is 5.17. The Balaban J connectivity index is 1.81. The molecule has 0 bridgehead atoms. The number of carbonyl (C=O) groups is 1. The van der Waals surface area contributed by atoms with Crippen LogP contribution in [0.5, 0.6) is 0 Å². The van der Waals surface area contributed by atoms with Gasteiger partial charge in [0.2, 0.25) is 5.91 Å². The van der Waals surface area contributed by atoms with Gasteiger partial charge in [0.1, 0.15) is 0 Å². The summed E-state index contributed by atoms with van der Waals surface area (Å²) in [6, 6.07) is 0. The summed E-state index contributed by atoms with van der Waals surface area (Å²) in [5, 5.41) is 0. The molecule has 0 aromatic carbocycles. The van der Waals surface area contributed by atoms with Crippen LogP contribution < -0.4 is 0 Å². The second-order valence-corrected chi connectivity index (χ2v) is 6.95. The highest BCUT2D eigenvalue weighted by atomic mass is 16.2. The van der Waals surface area contributed by atoms with Gasteiger partial charge in [0.05, 0.1) is 0 Å². The van der Waals surface area contributed by atoms with Gasteiger partial charge in [-0.2, -0.15) is 0 Å². The van der Waals surface area contributed by atoms with E-state index in [1.165, 1.54) is 25.8 Å². The molecule has 1 heterocycles. The molecule has 0 radical (unpaired) electrons. The van der Waals surface area contributed by atoms with Gasteiger partial charge in [-0.1, -0.05) is 18.6 Å². The molecule has 20 heavy (non-hydrogen) atoms. The van der Waals surface area contributed by atoms with Gasteiger partial charge in [0.15, 0.2) is 0 Å². The highest BCUT2D eigenvalue weighted by Crippen LogP contribution is 2.30. The molecule has 0 aromatic heterocycles. The van der Waals surface area contributed by atoms with E-state index >= 15 is 0 Å². The van der Waals surface area contributed by atoms with Crippen LogP contribution in [0.4, 0.5) is 0 Å². The number of rotatable bonds is 4. The van der Waals surface area contributed by atoms with Gasteiger partial charge in [0.25, 0.3) is 0 Å². The Labute approximate surface area is 124 Å². The molecule has 0 N–H and O–H groups in total. The first-order valence-corrected chi connectivity index (χ1v) is 8.08. The van der Waals surface area contributed by atoms with Crippen molar-refractivity contribution >= 4 is 5.91 Å². The van der Waals surface area contributed by atoms with E-state index in [1.54, 1.807) is 12.5 Å². The summed E-state index contributed by atoms with van der Waals surface area (Å²) in [5.41, 5.74) is 1.58. The molecule has 0 unspecified atom stereocenters. The average Bonchev–Trinajstić information content (AvgIpc) is 2.82. The average molecular weight is 278 g/mol. The normalized spacial score (nSPS) is 30.8. The Bertz CT molecular complexity index is 377. The van der Waals surface area contributed by atoms with E-state index in [2.05, 4.69) is 31.9 Å². The summed E-state index contributed by atoms with van der Waals surface area (Å²) in [5.74, 6) is 2.42. The standard InChI is InChI=1S/C17H30N2O/c1-13-6-5-7-14(2)17(13)12-18(4)10-16-8-9-19(11-16)15(3)20/h6,14,16-17H,5,7-12H2,1-4H3/t14-,16-,17+/m1/s1. The molecule has 3 heteroatoms. The Morgan fingerprint density at radius 1 is 1.40 bits per heavy atom. The summed E-state index contributed by atoms with van der Waals surface area (Å²) in [6.07, 6.45) is 6.17. The second kappa shape index (κ2) is 6.75.